The molecule has 19 heavy (non-hydrogen) atoms. The Morgan fingerprint density at radius 2 is 1.63 bits per heavy atom. The van der Waals surface area contributed by atoms with Gasteiger partial charge < -0.3 is 4.74 Å². The van der Waals surface area contributed by atoms with E-state index in [0.717, 1.165) is 11.4 Å². The molecule has 0 N–H and O–H groups in total. The molecule has 0 amide bonds. The number of hydrogen-bond donors (Lipinski definition) is 0. The van der Waals surface area contributed by atoms with Gasteiger partial charge in [-0.3, -0.25) is 4.98 Å². The Labute approximate surface area is 116 Å². The van der Waals surface area contributed by atoms with Crippen molar-refractivity contribution in [2.45, 2.75) is 40.7 Å². The van der Waals surface area contributed by atoms with E-state index in [2.05, 4.69) is 23.2 Å². The molecule has 2 nitrogen and oxygen atoms in total. The van der Waals surface area contributed by atoms with E-state index in [0.29, 0.717) is 0 Å². The van der Waals surface area contributed by atoms with Gasteiger partial charge in [0.2, 0.25) is 0 Å². The van der Waals surface area contributed by atoms with E-state index in [9.17, 15) is 0 Å². The fourth-order valence-corrected chi connectivity index (χ4v) is 1.77. The highest BCUT2D eigenvalue weighted by Crippen LogP contribution is 2.24. The van der Waals surface area contributed by atoms with E-state index in [1.165, 1.54) is 11.1 Å². The standard InChI is InChI=1S/C15H17NO.C2H6/c1-11(2)17-14-8-6-13(7-9-14)15-5-4-10-16-12(15)3;1-2/h4-11H,1-3H3;1-2H3. The monoisotopic (exact) mass is 257 g/mol. The molecule has 102 valence electrons. The molecule has 1 heterocycles. The number of benzene rings is 1. The van der Waals surface area contributed by atoms with Crippen molar-refractivity contribution in [3.8, 4) is 16.9 Å². The van der Waals surface area contributed by atoms with Crippen LogP contribution in [0.4, 0.5) is 0 Å². The van der Waals surface area contributed by atoms with Crippen LogP contribution >= 0.6 is 0 Å². The summed E-state index contributed by atoms with van der Waals surface area (Å²) in [4.78, 5) is 4.30. The van der Waals surface area contributed by atoms with E-state index >= 15 is 0 Å². The zero-order valence-electron chi connectivity index (χ0n) is 12.5. The Kier molecular flexibility index (Phi) is 6.07. The van der Waals surface area contributed by atoms with Crippen LogP contribution in [-0.2, 0) is 0 Å². The molecule has 2 heteroatoms. The molecular weight excluding hydrogens is 234 g/mol. The van der Waals surface area contributed by atoms with Crippen LogP contribution in [0.15, 0.2) is 42.6 Å². The molecule has 0 aliphatic heterocycles. The molecule has 0 aliphatic rings. The summed E-state index contributed by atoms with van der Waals surface area (Å²) < 4.78 is 5.62. The van der Waals surface area contributed by atoms with E-state index < -0.39 is 0 Å². The van der Waals surface area contributed by atoms with Gasteiger partial charge in [-0.15, -0.1) is 0 Å². The lowest BCUT2D eigenvalue weighted by Gasteiger charge is -2.10. The fraction of sp³-hybridized carbons (Fsp3) is 0.353. The summed E-state index contributed by atoms with van der Waals surface area (Å²) >= 11 is 0. The van der Waals surface area contributed by atoms with Crippen molar-refractivity contribution < 1.29 is 4.74 Å². The van der Waals surface area contributed by atoms with Gasteiger partial charge in [-0.05, 0) is 44.5 Å². The molecule has 0 radical (unpaired) electrons. The van der Waals surface area contributed by atoms with Crippen LogP contribution in [0.1, 0.15) is 33.4 Å². The summed E-state index contributed by atoms with van der Waals surface area (Å²) in [5.41, 5.74) is 3.39. The maximum Gasteiger partial charge on any atom is 0.119 e. The van der Waals surface area contributed by atoms with Crippen LogP contribution < -0.4 is 4.74 Å². The van der Waals surface area contributed by atoms with Crippen LogP contribution in [0.3, 0.4) is 0 Å². The van der Waals surface area contributed by atoms with Crippen molar-refractivity contribution >= 4 is 0 Å². The summed E-state index contributed by atoms with van der Waals surface area (Å²) in [5.74, 6) is 0.908. The average Bonchev–Trinajstić information content (AvgIpc) is 2.42. The highest BCUT2D eigenvalue weighted by Gasteiger charge is 2.03. The van der Waals surface area contributed by atoms with Crippen molar-refractivity contribution in [2.24, 2.45) is 0 Å². The normalized spacial score (nSPS) is 9.79. The molecule has 1 aromatic carbocycles. The van der Waals surface area contributed by atoms with Gasteiger partial charge in [0.25, 0.3) is 0 Å². The molecular formula is C17H23NO. The lowest BCUT2D eigenvalue weighted by atomic mass is 10.0. The molecule has 0 bridgehead atoms. The third-order valence-electron chi connectivity index (χ3n) is 2.54. The van der Waals surface area contributed by atoms with Gasteiger partial charge in [0.05, 0.1) is 6.10 Å². The Balaban J connectivity index is 0.000000861. The number of nitrogens with zero attached hydrogens (tertiary/aromatic N) is 1. The Bertz CT molecular complexity index is 489. The minimum absolute atomic E-state index is 0.209. The Hall–Kier alpha value is -1.83. The molecule has 0 unspecified atom stereocenters. The van der Waals surface area contributed by atoms with Crippen molar-refractivity contribution in [3.63, 3.8) is 0 Å². The Morgan fingerprint density at radius 3 is 2.16 bits per heavy atom. The third kappa shape index (κ3) is 4.40. The number of aryl methyl sites for hydroxylation is 1. The van der Waals surface area contributed by atoms with Crippen molar-refractivity contribution in [1.82, 2.24) is 4.98 Å². The summed E-state index contributed by atoms with van der Waals surface area (Å²) in [5, 5.41) is 0. The first-order valence-electron chi connectivity index (χ1n) is 6.85. The van der Waals surface area contributed by atoms with Gasteiger partial charge in [-0.25, -0.2) is 0 Å². The number of ether oxygens (including phenoxy) is 1. The van der Waals surface area contributed by atoms with Gasteiger partial charge in [0.1, 0.15) is 5.75 Å². The van der Waals surface area contributed by atoms with Gasteiger partial charge >= 0.3 is 0 Å². The number of pyridine rings is 1. The highest BCUT2D eigenvalue weighted by molar-refractivity contribution is 5.66. The van der Waals surface area contributed by atoms with E-state index in [1.807, 2.05) is 59.0 Å². The molecule has 0 saturated heterocycles. The number of rotatable bonds is 3. The summed E-state index contributed by atoms with van der Waals surface area (Å²) in [6, 6.07) is 12.2. The zero-order valence-corrected chi connectivity index (χ0v) is 12.5. The first-order valence-corrected chi connectivity index (χ1v) is 6.85. The largest absolute Gasteiger partial charge is 0.491 e. The third-order valence-corrected chi connectivity index (χ3v) is 2.54. The first-order chi connectivity index (χ1) is 9.16. The maximum atomic E-state index is 5.62. The predicted octanol–water partition coefficient (Wildman–Crippen LogP) is 4.87. The number of aromatic nitrogens is 1. The van der Waals surface area contributed by atoms with Crippen LogP contribution in [0, 0.1) is 6.92 Å². The van der Waals surface area contributed by atoms with Crippen LogP contribution in [0.2, 0.25) is 0 Å². The van der Waals surface area contributed by atoms with Crippen molar-refractivity contribution in [1.29, 1.82) is 0 Å². The fourth-order valence-electron chi connectivity index (χ4n) is 1.77. The topological polar surface area (TPSA) is 22.1 Å². The van der Waals surface area contributed by atoms with Crippen LogP contribution in [0.25, 0.3) is 11.1 Å². The van der Waals surface area contributed by atoms with E-state index in [1.54, 1.807) is 0 Å². The second-order valence-corrected chi connectivity index (χ2v) is 4.33. The van der Waals surface area contributed by atoms with Gasteiger partial charge in [0, 0.05) is 17.5 Å². The molecule has 0 aliphatic carbocycles. The zero-order chi connectivity index (χ0) is 14.3. The second kappa shape index (κ2) is 7.57. The Morgan fingerprint density at radius 1 is 1.00 bits per heavy atom. The minimum Gasteiger partial charge on any atom is -0.491 e. The molecule has 0 atom stereocenters. The predicted molar refractivity (Wildman–Crippen MR) is 81.5 cm³/mol. The summed E-state index contributed by atoms with van der Waals surface area (Å²) in [7, 11) is 0. The molecule has 2 aromatic rings. The molecule has 0 spiro atoms. The quantitative estimate of drug-likeness (QED) is 0.782. The van der Waals surface area contributed by atoms with Crippen molar-refractivity contribution in [3.05, 3.63) is 48.3 Å². The summed E-state index contributed by atoms with van der Waals surface area (Å²) in [6.07, 6.45) is 2.02. The number of hydrogen-bond acceptors (Lipinski definition) is 2. The minimum atomic E-state index is 0.209. The first kappa shape index (κ1) is 15.2. The van der Waals surface area contributed by atoms with E-state index in [-0.39, 0.29) is 6.10 Å². The van der Waals surface area contributed by atoms with E-state index in [4.69, 9.17) is 4.74 Å². The summed E-state index contributed by atoms with van der Waals surface area (Å²) in [6.45, 7) is 10.1. The lowest BCUT2D eigenvalue weighted by Crippen LogP contribution is -2.05. The average molecular weight is 257 g/mol. The van der Waals surface area contributed by atoms with Gasteiger partial charge in [-0.2, -0.15) is 0 Å². The van der Waals surface area contributed by atoms with Crippen LogP contribution in [-0.4, -0.2) is 11.1 Å². The van der Waals surface area contributed by atoms with Gasteiger partial charge in [0.15, 0.2) is 0 Å². The second-order valence-electron chi connectivity index (χ2n) is 4.33. The maximum absolute atomic E-state index is 5.62. The molecule has 2 rings (SSSR count). The highest BCUT2D eigenvalue weighted by atomic mass is 16.5. The van der Waals surface area contributed by atoms with Crippen LogP contribution in [0.5, 0.6) is 5.75 Å². The van der Waals surface area contributed by atoms with Gasteiger partial charge in [-0.1, -0.05) is 32.0 Å². The SMILES string of the molecule is CC.Cc1ncccc1-c1ccc(OC(C)C)cc1. The molecule has 0 fully saturated rings. The smallest absolute Gasteiger partial charge is 0.119 e. The molecule has 1 aromatic heterocycles. The molecule has 0 saturated carbocycles. The lowest BCUT2D eigenvalue weighted by molar-refractivity contribution is 0.242. The van der Waals surface area contributed by atoms with Crippen molar-refractivity contribution in [2.75, 3.05) is 0 Å².